The molecule has 0 saturated carbocycles. The lowest BCUT2D eigenvalue weighted by molar-refractivity contribution is -0.383. The van der Waals surface area contributed by atoms with Crippen LogP contribution in [0.2, 0.25) is 0 Å². The van der Waals surface area contributed by atoms with Crippen molar-refractivity contribution in [1.29, 1.82) is 0 Å². The van der Waals surface area contributed by atoms with Crippen LogP contribution in [0.4, 0.5) is 17.3 Å². The molecule has 1 heterocycles. The van der Waals surface area contributed by atoms with E-state index in [-0.39, 0.29) is 29.8 Å². The third-order valence-corrected chi connectivity index (χ3v) is 2.78. The maximum Gasteiger partial charge on any atom is 0.353 e. The van der Waals surface area contributed by atoms with Gasteiger partial charge in [0.15, 0.2) is 0 Å². The van der Waals surface area contributed by atoms with Crippen LogP contribution < -0.4 is 16.0 Å². The highest BCUT2D eigenvalue weighted by Gasteiger charge is 2.29. The van der Waals surface area contributed by atoms with Crippen LogP contribution in [0.15, 0.2) is 6.33 Å². The number of rotatable bonds is 6. The molecule has 9 heteroatoms. The van der Waals surface area contributed by atoms with Crippen LogP contribution in [-0.2, 0) is 4.79 Å². The van der Waals surface area contributed by atoms with Gasteiger partial charge in [-0.1, -0.05) is 0 Å². The molecule has 0 unspecified atom stereocenters. The van der Waals surface area contributed by atoms with Crippen LogP contribution in [0.5, 0.6) is 0 Å². The van der Waals surface area contributed by atoms with Gasteiger partial charge < -0.3 is 16.0 Å². The van der Waals surface area contributed by atoms with Crippen molar-refractivity contribution in [2.75, 3.05) is 31.3 Å². The second kappa shape index (κ2) is 6.13. The fraction of sp³-hybridized carbons (Fsp3) is 0.545. The highest BCUT2D eigenvalue weighted by molar-refractivity contribution is 5.82. The van der Waals surface area contributed by atoms with Crippen molar-refractivity contribution in [3.8, 4) is 0 Å². The Kier molecular flexibility index (Phi) is 4.78. The number of anilines is 2. The van der Waals surface area contributed by atoms with E-state index < -0.39 is 10.3 Å². The van der Waals surface area contributed by atoms with E-state index >= 15 is 0 Å². The summed E-state index contributed by atoms with van der Waals surface area (Å²) in [5.41, 5.74) is -0.976. The Labute approximate surface area is 116 Å². The molecule has 1 rings (SSSR count). The van der Waals surface area contributed by atoms with Gasteiger partial charge in [0, 0.05) is 20.6 Å². The Morgan fingerprint density at radius 2 is 1.95 bits per heavy atom. The van der Waals surface area contributed by atoms with Gasteiger partial charge in [0.25, 0.3) is 0 Å². The zero-order valence-corrected chi connectivity index (χ0v) is 11.9. The van der Waals surface area contributed by atoms with E-state index in [1.807, 2.05) is 0 Å². The minimum Gasteiger partial charge on any atom is -0.367 e. The molecule has 0 fully saturated rings. The van der Waals surface area contributed by atoms with Crippen molar-refractivity contribution in [2.45, 2.75) is 13.8 Å². The molecular formula is C11H18N6O3. The number of nitrogens with one attached hydrogen (secondary N) is 3. The van der Waals surface area contributed by atoms with Crippen molar-refractivity contribution in [3.05, 3.63) is 16.4 Å². The normalized spacial score (nSPS) is 10.8. The van der Waals surface area contributed by atoms with Gasteiger partial charge >= 0.3 is 5.69 Å². The van der Waals surface area contributed by atoms with E-state index in [0.717, 1.165) is 0 Å². The second-order valence-electron chi connectivity index (χ2n) is 4.74. The average Bonchev–Trinajstić information content (AvgIpc) is 2.43. The first kappa shape index (κ1) is 15.6. The summed E-state index contributed by atoms with van der Waals surface area (Å²) in [7, 11) is 3.07. The third-order valence-electron chi connectivity index (χ3n) is 2.78. The van der Waals surface area contributed by atoms with Gasteiger partial charge in [-0.2, -0.15) is 0 Å². The first-order chi connectivity index (χ1) is 9.33. The van der Waals surface area contributed by atoms with Gasteiger partial charge in [-0.25, -0.2) is 9.97 Å². The molecule has 0 radical (unpaired) electrons. The van der Waals surface area contributed by atoms with Crippen molar-refractivity contribution in [2.24, 2.45) is 5.41 Å². The van der Waals surface area contributed by atoms with E-state index in [4.69, 9.17) is 0 Å². The molecule has 1 aromatic heterocycles. The van der Waals surface area contributed by atoms with E-state index in [1.165, 1.54) is 20.4 Å². The molecule has 0 saturated heterocycles. The molecule has 1 aromatic rings. The minimum absolute atomic E-state index is 0.0753. The van der Waals surface area contributed by atoms with Gasteiger partial charge in [0.2, 0.25) is 17.5 Å². The Morgan fingerprint density at radius 3 is 2.45 bits per heavy atom. The minimum atomic E-state index is -0.729. The second-order valence-corrected chi connectivity index (χ2v) is 4.74. The third kappa shape index (κ3) is 3.31. The lowest BCUT2D eigenvalue weighted by atomic mass is 9.92. The fourth-order valence-electron chi connectivity index (χ4n) is 1.59. The number of amides is 1. The maximum absolute atomic E-state index is 11.7. The summed E-state index contributed by atoms with van der Waals surface area (Å²) < 4.78 is 0. The molecule has 9 nitrogen and oxygen atoms in total. The SMILES string of the molecule is CNC(=O)C(C)(C)CNc1ncnc(NC)c1[N+](=O)[O-]. The molecule has 0 bridgehead atoms. The van der Waals surface area contributed by atoms with E-state index in [9.17, 15) is 14.9 Å². The summed E-state index contributed by atoms with van der Waals surface area (Å²) in [6.45, 7) is 3.66. The summed E-state index contributed by atoms with van der Waals surface area (Å²) in [4.78, 5) is 29.8. The molecule has 0 spiro atoms. The Balaban J connectivity index is 2.99. The number of hydrogen-bond donors (Lipinski definition) is 3. The molecule has 0 atom stereocenters. The van der Waals surface area contributed by atoms with Gasteiger partial charge in [0.1, 0.15) is 6.33 Å². The number of nitro groups is 1. The fourth-order valence-corrected chi connectivity index (χ4v) is 1.59. The monoisotopic (exact) mass is 282 g/mol. The Bertz CT molecular complexity index is 517. The average molecular weight is 282 g/mol. The van der Waals surface area contributed by atoms with Gasteiger partial charge in [-0.3, -0.25) is 14.9 Å². The van der Waals surface area contributed by atoms with Gasteiger partial charge in [-0.05, 0) is 13.8 Å². The van der Waals surface area contributed by atoms with Gasteiger partial charge in [-0.15, -0.1) is 0 Å². The van der Waals surface area contributed by atoms with Crippen molar-refractivity contribution >= 4 is 23.2 Å². The molecule has 0 aromatic carbocycles. The maximum atomic E-state index is 11.7. The van der Waals surface area contributed by atoms with E-state index in [0.29, 0.717) is 0 Å². The summed E-state index contributed by atoms with van der Waals surface area (Å²) >= 11 is 0. The molecule has 1 amide bonds. The molecule has 20 heavy (non-hydrogen) atoms. The Hall–Kier alpha value is -2.45. The highest BCUT2D eigenvalue weighted by atomic mass is 16.6. The smallest absolute Gasteiger partial charge is 0.353 e. The standard InChI is InChI=1S/C11H18N6O3/c1-11(2,10(18)13-4)5-14-9-7(17(19)20)8(12-3)15-6-16-9/h6H,5H2,1-4H3,(H,13,18)(H2,12,14,15,16). The van der Waals surface area contributed by atoms with Gasteiger partial charge in [0.05, 0.1) is 10.3 Å². The van der Waals surface area contributed by atoms with Crippen LogP contribution in [0, 0.1) is 15.5 Å². The molecule has 3 N–H and O–H groups in total. The molecular weight excluding hydrogens is 264 g/mol. The zero-order chi connectivity index (χ0) is 15.3. The van der Waals surface area contributed by atoms with E-state index in [2.05, 4.69) is 25.9 Å². The van der Waals surface area contributed by atoms with Crippen LogP contribution in [0.25, 0.3) is 0 Å². The van der Waals surface area contributed by atoms with Crippen molar-refractivity contribution in [3.63, 3.8) is 0 Å². The first-order valence-electron chi connectivity index (χ1n) is 5.96. The number of carbonyl (C=O) groups is 1. The molecule has 0 aliphatic carbocycles. The molecule has 110 valence electrons. The quantitative estimate of drug-likeness (QED) is 0.516. The summed E-state index contributed by atoms with van der Waals surface area (Å²) in [6, 6.07) is 0. The van der Waals surface area contributed by atoms with Crippen LogP contribution in [-0.4, -0.2) is 41.4 Å². The number of nitrogens with zero attached hydrogens (tertiary/aromatic N) is 3. The topological polar surface area (TPSA) is 122 Å². The highest BCUT2D eigenvalue weighted by Crippen LogP contribution is 2.29. The summed E-state index contributed by atoms with van der Waals surface area (Å²) in [5, 5.41) is 19.1. The summed E-state index contributed by atoms with van der Waals surface area (Å²) in [5.74, 6) is 0.0205. The number of carbonyl (C=O) groups excluding carboxylic acids is 1. The predicted octanol–water partition coefficient (Wildman–Crippen LogP) is 0.611. The van der Waals surface area contributed by atoms with Crippen molar-refractivity contribution < 1.29 is 9.72 Å². The molecule has 0 aliphatic heterocycles. The first-order valence-corrected chi connectivity index (χ1v) is 5.96. The van der Waals surface area contributed by atoms with Crippen molar-refractivity contribution in [1.82, 2.24) is 15.3 Å². The van der Waals surface area contributed by atoms with Crippen LogP contribution in [0.3, 0.4) is 0 Å². The van der Waals surface area contributed by atoms with E-state index in [1.54, 1.807) is 13.8 Å². The van der Waals surface area contributed by atoms with Crippen LogP contribution >= 0.6 is 0 Å². The summed E-state index contributed by atoms with van der Waals surface area (Å²) in [6.07, 6.45) is 1.22. The number of aromatic nitrogens is 2. The lowest BCUT2D eigenvalue weighted by Crippen LogP contribution is -2.39. The zero-order valence-electron chi connectivity index (χ0n) is 11.9. The number of hydrogen-bond acceptors (Lipinski definition) is 7. The largest absolute Gasteiger partial charge is 0.367 e. The lowest BCUT2D eigenvalue weighted by Gasteiger charge is -2.23. The van der Waals surface area contributed by atoms with Crippen LogP contribution in [0.1, 0.15) is 13.8 Å². The predicted molar refractivity (Wildman–Crippen MR) is 74.6 cm³/mol. The Morgan fingerprint density at radius 1 is 1.35 bits per heavy atom. The molecule has 0 aliphatic rings.